The molecule has 0 aromatic heterocycles. The van der Waals surface area contributed by atoms with E-state index in [1.807, 2.05) is 24.3 Å². The summed E-state index contributed by atoms with van der Waals surface area (Å²) in [5.41, 5.74) is 2.00. The van der Waals surface area contributed by atoms with Gasteiger partial charge < -0.3 is 15.5 Å². The molecule has 0 aliphatic rings. The maximum atomic E-state index is 10.9. The zero-order chi connectivity index (χ0) is 19.9. The highest BCUT2D eigenvalue weighted by Crippen LogP contribution is 2.15. The summed E-state index contributed by atoms with van der Waals surface area (Å²) >= 11 is 0. The topological polar surface area (TPSA) is 86.6 Å². The van der Waals surface area contributed by atoms with Gasteiger partial charge in [0.25, 0.3) is 0 Å². The summed E-state index contributed by atoms with van der Waals surface area (Å²) in [5, 5.41) is 20.6. The van der Waals surface area contributed by atoms with Gasteiger partial charge in [-0.3, -0.25) is 9.59 Å². The third-order valence-electron chi connectivity index (χ3n) is 4.88. The van der Waals surface area contributed by atoms with Crippen molar-refractivity contribution in [1.82, 2.24) is 0 Å². The molecule has 5 nitrogen and oxygen atoms in total. The quantitative estimate of drug-likeness (QED) is 0.267. The van der Waals surface area contributed by atoms with Crippen LogP contribution in [0.5, 0.6) is 0 Å². The van der Waals surface area contributed by atoms with E-state index in [0.29, 0.717) is 0 Å². The van der Waals surface area contributed by atoms with Gasteiger partial charge in [-0.05, 0) is 30.5 Å². The van der Waals surface area contributed by atoms with Crippen LogP contribution >= 0.6 is 0 Å². The Kier molecular flexibility index (Phi) is 12.0. The second kappa shape index (κ2) is 14.1. The Morgan fingerprint density at radius 3 is 1.78 bits per heavy atom. The third-order valence-corrected chi connectivity index (χ3v) is 4.88. The molecule has 0 aliphatic carbocycles. The van der Waals surface area contributed by atoms with Crippen LogP contribution in [-0.2, 0) is 16.0 Å². The first-order valence-electron chi connectivity index (χ1n) is 10.3. The van der Waals surface area contributed by atoms with E-state index < -0.39 is 17.9 Å². The first kappa shape index (κ1) is 23.0. The van der Waals surface area contributed by atoms with E-state index in [1.165, 1.54) is 69.8 Å². The molecule has 0 aliphatic heterocycles. The van der Waals surface area contributed by atoms with Gasteiger partial charge in [0.2, 0.25) is 0 Å². The van der Waals surface area contributed by atoms with E-state index in [2.05, 4.69) is 12.2 Å². The van der Waals surface area contributed by atoms with Gasteiger partial charge in [-0.2, -0.15) is 0 Å². The summed E-state index contributed by atoms with van der Waals surface area (Å²) in [5.74, 6) is -4.09. The maximum absolute atomic E-state index is 10.9. The number of anilines is 1. The van der Waals surface area contributed by atoms with E-state index in [0.717, 1.165) is 12.1 Å². The first-order chi connectivity index (χ1) is 13.0. The molecule has 1 aromatic carbocycles. The monoisotopic (exact) mass is 377 g/mol. The van der Waals surface area contributed by atoms with Crippen LogP contribution in [0.15, 0.2) is 24.3 Å². The third kappa shape index (κ3) is 10.6. The SMILES string of the molecule is CCCCCCCCCCCCc1ccc(NCC(C(=O)O)C(=O)O)cc1. The molecule has 0 unspecified atom stereocenters. The number of unbranched alkanes of at least 4 members (excludes halogenated alkanes) is 9. The smallest absolute Gasteiger partial charge is 0.319 e. The van der Waals surface area contributed by atoms with Crippen LogP contribution in [0.3, 0.4) is 0 Å². The normalized spacial score (nSPS) is 10.9. The van der Waals surface area contributed by atoms with Crippen molar-refractivity contribution in [3.8, 4) is 0 Å². The molecule has 0 atom stereocenters. The Morgan fingerprint density at radius 1 is 0.815 bits per heavy atom. The Morgan fingerprint density at radius 2 is 1.30 bits per heavy atom. The minimum atomic E-state index is -1.43. The second-order valence-electron chi connectivity index (χ2n) is 7.24. The van der Waals surface area contributed by atoms with Crippen molar-refractivity contribution in [2.45, 2.75) is 77.6 Å². The molecule has 152 valence electrons. The molecule has 27 heavy (non-hydrogen) atoms. The van der Waals surface area contributed by atoms with E-state index in [-0.39, 0.29) is 6.54 Å². The van der Waals surface area contributed by atoms with E-state index in [9.17, 15) is 9.59 Å². The number of aliphatic carboxylic acids is 2. The molecule has 0 fully saturated rings. The number of carboxylic acids is 2. The average Bonchev–Trinajstić information content (AvgIpc) is 2.64. The largest absolute Gasteiger partial charge is 0.481 e. The Hall–Kier alpha value is -2.04. The standard InChI is InChI=1S/C22H35NO4/c1-2-3-4-5-6-7-8-9-10-11-12-18-13-15-19(16-14-18)23-17-20(21(24)25)22(26)27/h13-16,20,23H,2-12,17H2,1H3,(H,24,25)(H,26,27). The predicted octanol–water partition coefficient (Wildman–Crippen LogP) is 5.35. The van der Waals surface area contributed by atoms with Crippen molar-refractivity contribution in [3.05, 3.63) is 29.8 Å². The fourth-order valence-corrected chi connectivity index (χ4v) is 3.11. The Labute approximate surface area is 163 Å². The number of carboxylic acid groups (broad SMARTS) is 2. The van der Waals surface area contributed by atoms with Crippen LogP contribution in [0.25, 0.3) is 0 Å². The zero-order valence-corrected chi connectivity index (χ0v) is 16.6. The lowest BCUT2D eigenvalue weighted by Crippen LogP contribution is -2.30. The molecule has 1 rings (SSSR count). The molecule has 0 heterocycles. The lowest BCUT2D eigenvalue weighted by molar-refractivity contribution is -0.153. The molecule has 0 bridgehead atoms. The van der Waals surface area contributed by atoms with Crippen molar-refractivity contribution in [1.29, 1.82) is 0 Å². The van der Waals surface area contributed by atoms with Gasteiger partial charge in [-0.1, -0.05) is 76.8 Å². The average molecular weight is 378 g/mol. The summed E-state index contributed by atoms with van der Waals surface area (Å²) in [6.45, 7) is 2.13. The number of rotatable bonds is 16. The molecule has 1 aromatic rings. The first-order valence-corrected chi connectivity index (χ1v) is 10.3. The molecular weight excluding hydrogens is 342 g/mol. The number of benzene rings is 1. The van der Waals surface area contributed by atoms with E-state index in [1.54, 1.807) is 0 Å². The molecule has 3 N–H and O–H groups in total. The van der Waals surface area contributed by atoms with Crippen LogP contribution in [0, 0.1) is 5.92 Å². The highest BCUT2D eigenvalue weighted by atomic mass is 16.4. The number of carbonyl (C=O) groups is 2. The lowest BCUT2D eigenvalue weighted by atomic mass is 10.0. The van der Waals surface area contributed by atoms with Gasteiger partial charge in [0.05, 0.1) is 0 Å². The Balaban J connectivity index is 2.14. The molecule has 5 heteroatoms. The number of aryl methyl sites for hydroxylation is 1. The fraction of sp³-hybridized carbons (Fsp3) is 0.636. The van der Waals surface area contributed by atoms with Gasteiger partial charge in [0.1, 0.15) is 0 Å². The van der Waals surface area contributed by atoms with Crippen molar-refractivity contribution in [2.75, 3.05) is 11.9 Å². The molecule has 0 amide bonds. The Bertz CT molecular complexity index is 528. The molecule has 0 saturated carbocycles. The number of nitrogens with one attached hydrogen (secondary N) is 1. The van der Waals surface area contributed by atoms with Crippen LogP contribution < -0.4 is 5.32 Å². The predicted molar refractivity (Wildman–Crippen MR) is 109 cm³/mol. The number of hydrogen-bond donors (Lipinski definition) is 3. The van der Waals surface area contributed by atoms with Crippen molar-refractivity contribution in [3.63, 3.8) is 0 Å². The minimum Gasteiger partial charge on any atom is -0.481 e. The minimum absolute atomic E-state index is 0.123. The summed E-state index contributed by atoms with van der Waals surface area (Å²) in [4.78, 5) is 21.7. The summed E-state index contributed by atoms with van der Waals surface area (Å²) in [6, 6.07) is 7.80. The maximum Gasteiger partial charge on any atom is 0.319 e. The van der Waals surface area contributed by atoms with Gasteiger partial charge in [-0.25, -0.2) is 0 Å². The summed E-state index contributed by atoms with van der Waals surface area (Å²) in [7, 11) is 0. The van der Waals surface area contributed by atoms with Crippen molar-refractivity contribution in [2.24, 2.45) is 5.92 Å². The van der Waals surface area contributed by atoms with Crippen molar-refractivity contribution >= 4 is 17.6 Å². The second-order valence-corrected chi connectivity index (χ2v) is 7.24. The van der Waals surface area contributed by atoms with E-state index >= 15 is 0 Å². The van der Waals surface area contributed by atoms with Gasteiger partial charge in [-0.15, -0.1) is 0 Å². The lowest BCUT2D eigenvalue weighted by Gasteiger charge is -2.11. The van der Waals surface area contributed by atoms with Crippen LogP contribution in [-0.4, -0.2) is 28.7 Å². The number of hydrogen-bond acceptors (Lipinski definition) is 3. The van der Waals surface area contributed by atoms with Crippen LogP contribution in [0.2, 0.25) is 0 Å². The summed E-state index contributed by atoms with van der Waals surface area (Å²) in [6.07, 6.45) is 14.3. The zero-order valence-electron chi connectivity index (χ0n) is 16.6. The summed E-state index contributed by atoms with van der Waals surface area (Å²) < 4.78 is 0. The van der Waals surface area contributed by atoms with Gasteiger partial charge in [0, 0.05) is 12.2 Å². The van der Waals surface area contributed by atoms with E-state index in [4.69, 9.17) is 10.2 Å². The van der Waals surface area contributed by atoms with Crippen LogP contribution in [0.1, 0.15) is 76.7 Å². The molecule has 0 saturated heterocycles. The van der Waals surface area contributed by atoms with Gasteiger partial charge >= 0.3 is 11.9 Å². The fourth-order valence-electron chi connectivity index (χ4n) is 3.11. The highest BCUT2D eigenvalue weighted by Gasteiger charge is 2.25. The highest BCUT2D eigenvalue weighted by molar-refractivity contribution is 5.93. The molecule has 0 radical (unpaired) electrons. The van der Waals surface area contributed by atoms with Crippen LogP contribution in [0.4, 0.5) is 5.69 Å². The molecule has 0 spiro atoms. The van der Waals surface area contributed by atoms with Gasteiger partial charge in [0.15, 0.2) is 5.92 Å². The molecular formula is C22H35NO4. The van der Waals surface area contributed by atoms with Crippen molar-refractivity contribution < 1.29 is 19.8 Å².